The van der Waals surface area contributed by atoms with Gasteiger partial charge in [-0.3, -0.25) is 4.79 Å². The summed E-state index contributed by atoms with van der Waals surface area (Å²) in [5.41, 5.74) is 2.15. The Morgan fingerprint density at radius 3 is 2.68 bits per heavy atom. The Hall–Kier alpha value is -1.13. The summed E-state index contributed by atoms with van der Waals surface area (Å²) in [5, 5.41) is 0. The summed E-state index contributed by atoms with van der Waals surface area (Å²) < 4.78 is 17.2. The highest BCUT2D eigenvalue weighted by Gasteiger charge is 2.61. The predicted molar refractivity (Wildman–Crippen MR) is 85.5 cm³/mol. The van der Waals surface area contributed by atoms with Gasteiger partial charge in [-0.2, -0.15) is 0 Å². The minimum absolute atomic E-state index is 0.0613. The van der Waals surface area contributed by atoms with Gasteiger partial charge in [-0.15, -0.1) is 0 Å². The van der Waals surface area contributed by atoms with Crippen molar-refractivity contribution in [3.8, 4) is 0 Å². The lowest BCUT2D eigenvalue weighted by Crippen LogP contribution is -2.48. The van der Waals surface area contributed by atoms with Gasteiger partial charge in [-0.1, -0.05) is 23.8 Å². The predicted octanol–water partition coefficient (Wildman–Crippen LogP) is 3.41. The average molecular weight is 308 g/mol. The van der Waals surface area contributed by atoms with Crippen molar-refractivity contribution in [3.05, 3.63) is 23.8 Å². The van der Waals surface area contributed by atoms with Gasteiger partial charge in [0, 0.05) is 20.0 Å². The molecule has 0 N–H and O–H groups in total. The Morgan fingerprint density at radius 1 is 1.45 bits per heavy atom. The summed E-state index contributed by atoms with van der Waals surface area (Å²) in [4.78, 5) is 11.3. The van der Waals surface area contributed by atoms with Gasteiger partial charge < -0.3 is 14.2 Å². The second kappa shape index (κ2) is 6.55. The molecule has 1 saturated carbocycles. The van der Waals surface area contributed by atoms with Crippen LogP contribution in [0.1, 0.15) is 47.0 Å². The van der Waals surface area contributed by atoms with E-state index in [1.54, 1.807) is 7.11 Å². The molecule has 0 unspecified atom stereocenters. The molecule has 2 aliphatic rings. The first-order valence-electron chi connectivity index (χ1n) is 7.98. The number of hydrogen-bond donors (Lipinski definition) is 0. The zero-order valence-electron chi connectivity index (χ0n) is 14.3. The second-order valence-electron chi connectivity index (χ2n) is 6.83. The molecule has 22 heavy (non-hydrogen) atoms. The third-order valence-electron chi connectivity index (χ3n) is 4.81. The fraction of sp³-hybridized carbons (Fsp3) is 0.722. The maximum absolute atomic E-state index is 11.3. The molecule has 0 aromatic carbocycles. The molecule has 4 heteroatoms. The number of methoxy groups -OCH3 is 1. The fourth-order valence-electron chi connectivity index (χ4n) is 3.62. The average Bonchev–Trinajstić information content (AvgIpc) is 3.09. The number of carbonyl (C=O) groups is 1. The SMILES string of the molecule is C=C1CC[C@@H](OC(C)=O)[C@@H](OC)[C@@H]1[C@@]1(C)O[C@@H]1CC=C(C)C. The Morgan fingerprint density at radius 2 is 2.14 bits per heavy atom. The molecule has 0 aromatic rings. The van der Waals surface area contributed by atoms with Crippen molar-refractivity contribution in [1.29, 1.82) is 0 Å². The van der Waals surface area contributed by atoms with Crippen molar-refractivity contribution < 1.29 is 19.0 Å². The van der Waals surface area contributed by atoms with Crippen molar-refractivity contribution in [1.82, 2.24) is 0 Å². The number of ether oxygens (including phenoxy) is 3. The van der Waals surface area contributed by atoms with E-state index < -0.39 is 0 Å². The minimum atomic E-state index is -0.275. The molecule has 0 spiro atoms. The summed E-state index contributed by atoms with van der Waals surface area (Å²) >= 11 is 0. The Balaban J connectivity index is 2.14. The molecule has 5 atom stereocenters. The molecule has 0 amide bonds. The summed E-state index contributed by atoms with van der Waals surface area (Å²) in [5.74, 6) is -0.201. The van der Waals surface area contributed by atoms with Crippen molar-refractivity contribution in [3.63, 3.8) is 0 Å². The molecular weight excluding hydrogens is 280 g/mol. The van der Waals surface area contributed by atoms with Crippen LogP contribution in [-0.2, 0) is 19.0 Å². The molecule has 0 radical (unpaired) electrons. The second-order valence-corrected chi connectivity index (χ2v) is 6.83. The lowest BCUT2D eigenvalue weighted by atomic mass is 9.72. The van der Waals surface area contributed by atoms with Crippen LogP contribution in [0.4, 0.5) is 0 Å². The zero-order valence-corrected chi connectivity index (χ0v) is 14.3. The highest BCUT2D eigenvalue weighted by molar-refractivity contribution is 5.66. The van der Waals surface area contributed by atoms with E-state index >= 15 is 0 Å². The van der Waals surface area contributed by atoms with Crippen LogP contribution in [0.2, 0.25) is 0 Å². The van der Waals surface area contributed by atoms with Gasteiger partial charge in [0.15, 0.2) is 0 Å². The van der Waals surface area contributed by atoms with E-state index in [1.165, 1.54) is 12.5 Å². The first-order chi connectivity index (χ1) is 10.3. The highest BCUT2D eigenvalue weighted by atomic mass is 16.6. The van der Waals surface area contributed by atoms with Gasteiger partial charge in [0.1, 0.15) is 17.8 Å². The van der Waals surface area contributed by atoms with Crippen LogP contribution >= 0.6 is 0 Å². The lowest BCUT2D eigenvalue weighted by Gasteiger charge is -2.40. The van der Waals surface area contributed by atoms with E-state index in [2.05, 4.69) is 33.4 Å². The first kappa shape index (κ1) is 17.2. The minimum Gasteiger partial charge on any atom is -0.460 e. The standard InChI is InChI=1S/C18H28O4/c1-11(2)7-10-15-18(5,22-15)16-12(3)8-9-14(17(16)20-6)21-13(4)19/h7,14-17H,3,8-10H2,1-2,4-6H3/t14-,15-,16-,17-,18+/m1/s1. The topological polar surface area (TPSA) is 48.1 Å². The van der Waals surface area contributed by atoms with E-state index in [4.69, 9.17) is 14.2 Å². The fourth-order valence-corrected chi connectivity index (χ4v) is 3.62. The number of carbonyl (C=O) groups excluding carboxylic acids is 1. The van der Waals surface area contributed by atoms with Gasteiger partial charge in [0.2, 0.25) is 0 Å². The largest absolute Gasteiger partial charge is 0.460 e. The molecule has 1 aliphatic heterocycles. The summed E-state index contributed by atoms with van der Waals surface area (Å²) in [6.07, 6.45) is 4.48. The third-order valence-corrected chi connectivity index (χ3v) is 4.81. The van der Waals surface area contributed by atoms with Crippen molar-refractivity contribution in [2.24, 2.45) is 5.92 Å². The summed E-state index contributed by atoms with van der Waals surface area (Å²) in [6, 6.07) is 0. The van der Waals surface area contributed by atoms with Crippen molar-refractivity contribution >= 4 is 5.97 Å². The van der Waals surface area contributed by atoms with Crippen LogP contribution in [0.5, 0.6) is 0 Å². The Bertz CT molecular complexity index is 477. The maximum atomic E-state index is 11.3. The monoisotopic (exact) mass is 308 g/mol. The van der Waals surface area contributed by atoms with E-state index in [-0.39, 0.29) is 35.8 Å². The number of rotatable bonds is 5. The van der Waals surface area contributed by atoms with E-state index in [0.717, 1.165) is 24.8 Å². The Labute approximate surface area is 133 Å². The van der Waals surface area contributed by atoms with Gasteiger partial charge >= 0.3 is 5.97 Å². The van der Waals surface area contributed by atoms with Crippen LogP contribution in [-0.4, -0.2) is 37.0 Å². The summed E-state index contributed by atoms with van der Waals surface area (Å²) in [6.45, 7) is 12.0. The van der Waals surface area contributed by atoms with Gasteiger partial charge in [0.05, 0.1) is 6.10 Å². The molecule has 2 rings (SSSR count). The molecule has 4 nitrogen and oxygen atoms in total. The molecule has 1 heterocycles. The van der Waals surface area contributed by atoms with Crippen molar-refractivity contribution in [2.75, 3.05) is 7.11 Å². The number of allylic oxidation sites excluding steroid dienone is 1. The van der Waals surface area contributed by atoms with Crippen LogP contribution < -0.4 is 0 Å². The van der Waals surface area contributed by atoms with Crippen LogP contribution in [0.15, 0.2) is 23.8 Å². The van der Waals surface area contributed by atoms with Gasteiger partial charge in [-0.05, 0) is 40.0 Å². The molecule has 1 aliphatic carbocycles. The van der Waals surface area contributed by atoms with E-state index in [0.29, 0.717) is 0 Å². The molecule has 0 bridgehead atoms. The van der Waals surface area contributed by atoms with Crippen LogP contribution in [0.3, 0.4) is 0 Å². The van der Waals surface area contributed by atoms with E-state index in [9.17, 15) is 4.79 Å². The zero-order chi connectivity index (χ0) is 16.5. The molecule has 2 fully saturated rings. The summed E-state index contributed by atoms with van der Waals surface area (Å²) in [7, 11) is 1.67. The van der Waals surface area contributed by atoms with Crippen LogP contribution in [0, 0.1) is 5.92 Å². The highest BCUT2D eigenvalue weighted by Crippen LogP contribution is 2.52. The lowest BCUT2D eigenvalue weighted by molar-refractivity contribution is -0.160. The van der Waals surface area contributed by atoms with E-state index in [1.807, 2.05) is 0 Å². The maximum Gasteiger partial charge on any atom is 0.302 e. The third kappa shape index (κ3) is 3.44. The molecule has 0 aromatic heterocycles. The number of hydrogen-bond acceptors (Lipinski definition) is 4. The quantitative estimate of drug-likeness (QED) is 0.443. The van der Waals surface area contributed by atoms with Gasteiger partial charge in [0.25, 0.3) is 0 Å². The van der Waals surface area contributed by atoms with Crippen LogP contribution in [0.25, 0.3) is 0 Å². The molecule has 1 saturated heterocycles. The van der Waals surface area contributed by atoms with Gasteiger partial charge in [-0.25, -0.2) is 0 Å². The van der Waals surface area contributed by atoms with Crippen molar-refractivity contribution in [2.45, 2.75) is 70.9 Å². The normalized spacial score (nSPS) is 37.6. The molecular formula is C18H28O4. The Kier molecular flexibility index (Phi) is 5.13. The number of esters is 1. The number of epoxide rings is 1. The molecule has 124 valence electrons. The smallest absolute Gasteiger partial charge is 0.302 e. The first-order valence-corrected chi connectivity index (χ1v) is 7.98.